The minimum Gasteiger partial charge on any atom is -0.492 e. The predicted octanol–water partition coefficient (Wildman–Crippen LogP) is 4.62. The number of hydrogen-bond donors (Lipinski definition) is 1. The van der Waals surface area contributed by atoms with E-state index in [2.05, 4.69) is 26.1 Å². The summed E-state index contributed by atoms with van der Waals surface area (Å²) in [5, 5.41) is 2.81. The summed E-state index contributed by atoms with van der Waals surface area (Å²) in [6, 6.07) is 22.7. The first-order chi connectivity index (χ1) is 15.6. The summed E-state index contributed by atoms with van der Waals surface area (Å²) in [7, 11) is -2.35. The maximum absolute atomic E-state index is 13.0. The molecular formula is C26H30N2O4S. The average Bonchev–Trinajstić information content (AvgIpc) is 2.81. The topological polar surface area (TPSA) is 75.7 Å². The van der Waals surface area contributed by atoms with Gasteiger partial charge in [-0.05, 0) is 47.4 Å². The number of hydrogen-bond acceptors (Lipinski definition) is 4. The van der Waals surface area contributed by atoms with Gasteiger partial charge in [-0.25, -0.2) is 8.42 Å². The molecule has 0 aliphatic carbocycles. The molecule has 33 heavy (non-hydrogen) atoms. The van der Waals surface area contributed by atoms with Crippen LogP contribution in [-0.4, -0.2) is 34.5 Å². The van der Waals surface area contributed by atoms with E-state index in [9.17, 15) is 13.2 Å². The quantitative estimate of drug-likeness (QED) is 0.492. The molecule has 0 atom stereocenters. The van der Waals surface area contributed by atoms with Crippen molar-refractivity contribution in [2.75, 3.05) is 24.5 Å². The van der Waals surface area contributed by atoms with Crippen molar-refractivity contribution in [1.29, 1.82) is 0 Å². The third kappa shape index (κ3) is 5.93. The van der Waals surface area contributed by atoms with Crippen molar-refractivity contribution in [2.45, 2.75) is 31.1 Å². The number of nitrogens with one attached hydrogen (secondary N) is 1. The van der Waals surface area contributed by atoms with Crippen LogP contribution in [0, 0.1) is 0 Å². The summed E-state index contributed by atoms with van der Waals surface area (Å²) in [5.74, 6) is 0.360. The second kappa shape index (κ2) is 10.1. The fourth-order valence-electron chi connectivity index (χ4n) is 3.30. The zero-order valence-corrected chi connectivity index (χ0v) is 20.2. The van der Waals surface area contributed by atoms with E-state index in [0.717, 1.165) is 10.1 Å². The average molecular weight is 467 g/mol. The molecule has 0 aliphatic heterocycles. The van der Waals surface area contributed by atoms with Gasteiger partial charge >= 0.3 is 0 Å². The Morgan fingerprint density at radius 2 is 1.52 bits per heavy atom. The third-order valence-electron chi connectivity index (χ3n) is 5.27. The number of anilines is 1. The fourth-order valence-corrected chi connectivity index (χ4v) is 4.54. The second-order valence-electron chi connectivity index (χ2n) is 8.68. The molecule has 0 saturated carbocycles. The minimum atomic E-state index is -3.79. The molecule has 1 amide bonds. The fraction of sp³-hybridized carbons (Fsp3) is 0.269. The molecule has 3 aromatic rings. The monoisotopic (exact) mass is 466 g/mol. The van der Waals surface area contributed by atoms with Gasteiger partial charge in [0.05, 0.1) is 22.7 Å². The molecule has 0 radical (unpaired) electrons. The predicted molar refractivity (Wildman–Crippen MR) is 131 cm³/mol. The molecule has 7 heteroatoms. The summed E-state index contributed by atoms with van der Waals surface area (Å²) >= 11 is 0. The highest BCUT2D eigenvalue weighted by Gasteiger charge is 2.24. The van der Waals surface area contributed by atoms with Crippen molar-refractivity contribution in [1.82, 2.24) is 5.32 Å². The van der Waals surface area contributed by atoms with E-state index < -0.39 is 10.0 Å². The molecule has 0 aliphatic rings. The third-order valence-corrected chi connectivity index (χ3v) is 7.05. The Morgan fingerprint density at radius 3 is 2.15 bits per heavy atom. The van der Waals surface area contributed by atoms with Gasteiger partial charge in [-0.15, -0.1) is 0 Å². The number of carbonyl (C=O) groups excluding carboxylic acids is 1. The van der Waals surface area contributed by atoms with Crippen LogP contribution in [0.2, 0.25) is 0 Å². The molecule has 3 rings (SSSR count). The van der Waals surface area contributed by atoms with Crippen LogP contribution in [0.1, 0.15) is 36.7 Å². The number of ether oxygens (including phenoxy) is 1. The number of nitrogens with zero attached hydrogens (tertiary/aromatic N) is 1. The Balaban J connectivity index is 1.63. The van der Waals surface area contributed by atoms with E-state index in [4.69, 9.17) is 4.74 Å². The number of sulfonamides is 1. The first kappa shape index (κ1) is 24.3. The van der Waals surface area contributed by atoms with E-state index in [1.54, 1.807) is 42.5 Å². The van der Waals surface area contributed by atoms with Crippen LogP contribution in [0.15, 0.2) is 83.8 Å². The Labute approximate surface area is 196 Å². The maximum atomic E-state index is 13.0. The smallest absolute Gasteiger partial charge is 0.264 e. The SMILES string of the molecule is CN(c1ccccc1C(=O)NCCOc1ccc(C(C)(C)C)cc1)S(=O)(=O)c1ccccc1. The number of rotatable bonds is 8. The van der Waals surface area contributed by atoms with Crippen molar-refractivity contribution in [3.8, 4) is 5.75 Å². The molecule has 174 valence electrons. The molecule has 0 saturated heterocycles. The van der Waals surface area contributed by atoms with Gasteiger partial charge in [-0.3, -0.25) is 9.10 Å². The Morgan fingerprint density at radius 1 is 0.909 bits per heavy atom. The summed E-state index contributed by atoms with van der Waals surface area (Å²) in [4.78, 5) is 13.0. The molecule has 1 N–H and O–H groups in total. The van der Waals surface area contributed by atoms with Gasteiger partial charge in [0.1, 0.15) is 12.4 Å². The van der Waals surface area contributed by atoms with Gasteiger partial charge < -0.3 is 10.1 Å². The highest BCUT2D eigenvalue weighted by Crippen LogP contribution is 2.26. The van der Waals surface area contributed by atoms with Crippen LogP contribution >= 0.6 is 0 Å². The summed E-state index contributed by atoms with van der Waals surface area (Å²) in [6.45, 7) is 7.03. The molecular weight excluding hydrogens is 436 g/mol. The number of amides is 1. The molecule has 0 bridgehead atoms. The standard InChI is InChI=1S/C26H30N2O4S/c1-26(2,3)20-14-16-21(17-15-20)32-19-18-27-25(29)23-12-8-9-13-24(23)28(4)33(30,31)22-10-6-5-7-11-22/h5-17H,18-19H2,1-4H3,(H,27,29). The zero-order valence-electron chi connectivity index (χ0n) is 19.4. The van der Waals surface area contributed by atoms with Crippen molar-refractivity contribution >= 4 is 21.6 Å². The van der Waals surface area contributed by atoms with Crippen LogP contribution in [0.5, 0.6) is 5.75 Å². The van der Waals surface area contributed by atoms with Gasteiger partial charge in [-0.1, -0.05) is 63.2 Å². The first-order valence-corrected chi connectivity index (χ1v) is 12.2. The van der Waals surface area contributed by atoms with E-state index in [1.165, 1.54) is 24.7 Å². The van der Waals surface area contributed by atoms with Crippen LogP contribution in [0.3, 0.4) is 0 Å². The minimum absolute atomic E-state index is 0.0705. The summed E-state index contributed by atoms with van der Waals surface area (Å²) < 4.78 is 32.8. The first-order valence-electron chi connectivity index (χ1n) is 10.8. The lowest BCUT2D eigenvalue weighted by molar-refractivity contribution is 0.0947. The van der Waals surface area contributed by atoms with E-state index in [0.29, 0.717) is 12.3 Å². The number of benzene rings is 3. The lowest BCUT2D eigenvalue weighted by Crippen LogP contribution is -2.32. The van der Waals surface area contributed by atoms with Crippen molar-refractivity contribution in [2.24, 2.45) is 0 Å². The van der Waals surface area contributed by atoms with Crippen LogP contribution < -0.4 is 14.4 Å². The van der Waals surface area contributed by atoms with Crippen LogP contribution in [0.4, 0.5) is 5.69 Å². The summed E-state index contributed by atoms with van der Waals surface area (Å²) in [5.41, 5.74) is 1.86. The van der Waals surface area contributed by atoms with Gasteiger partial charge in [0, 0.05) is 7.05 Å². The van der Waals surface area contributed by atoms with E-state index in [-0.39, 0.29) is 28.3 Å². The molecule has 0 heterocycles. The molecule has 0 unspecified atom stereocenters. The Bertz CT molecular complexity index is 1180. The lowest BCUT2D eigenvalue weighted by Gasteiger charge is -2.22. The van der Waals surface area contributed by atoms with Gasteiger partial charge in [0.2, 0.25) is 0 Å². The van der Waals surface area contributed by atoms with Crippen LogP contribution in [-0.2, 0) is 15.4 Å². The molecule has 0 fully saturated rings. The highest BCUT2D eigenvalue weighted by atomic mass is 32.2. The van der Waals surface area contributed by atoms with Gasteiger partial charge in [-0.2, -0.15) is 0 Å². The van der Waals surface area contributed by atoms with Crippen molar-refractivity contribution < 1.29 is 17.9 Å². The second-order valence-corrected chi connectivity index (χ2v) is 10.7. The maximum Gasteiger partial charge on any atom is 0.264 e. The zero-order chi connectivity index (χ0) is 24.1. The lowest BCUT2D eigenvalue weighted by atomic mass is 9.87. The molecule has 6 nitrogen and oxygen atoms in total. The summed E-state index contributed by atoms with van der Waals surface area (Å²) in [6.07, 6.45) is 0. The van der Waals surface area contributed by atoms with Crippen molar-refractivity contribution in [3.63, 3.8) is 0 Å². The van der Waals surface area contributed by atoms with Crippen LogP contribution in [0.25, 0.3) is 0 Å². The molecule has 3 aromatic carbocycles. The Hall–Kier alpha value is -3.32. The van der Waals surface area contributed by atoms with Gasteiger partial charge in [0.15, 0.2) is 0 Å². The highest BCUT2D eigenvalue weighted by molar-refractivity contribution is 7.92. The normalized spacial score (nSPS) is 11.6. The van der Waals surface area contributed by atoms with E-state index >= 15 is 0 Å². The van der Waals surface area contributed by atoms with E-state index in [1.807, 2.05) is 24.3 Å². The van der Waals surface area contributed by atoms with Gasteiger partial charge in [0.25, 0.3) is 15.9 Å². The Kier molecular flexibility index (Phi) is 7.43. The molecule has 0 spiro atoms. The number of carbonyl (C=O) groups is 1. The van der Waals surface area contributed by atoms with Crippen molar-refractivity contribution in [3.05, 3.63) is 90.0 Å². The number of para-hydroxylation sites is 1. The largest absolute Gasteiger partial charge is 0.492 e. The molecule has 0 aromatic heterocycles.